The molecule has 1 aromatic carbocycles. The van der Waals surface area contributed by atoms with E-state index >= 15 is 0 Å². The topological polar surface area (TPSA) is 134 Å². The Bertz CT molecular complexity index is 1280. The van der Waals surface area contributed by atoms with E-state index < -0.39 is 0 Å². The zero-order valence-corrected chi connectivity index (χ0v) is 18.1. The number of nitrogens with one attached hydrogen (secondary N) is 2. The van der Waals surface area contributed by atoms with Gasteiger partial charge in [-0.1, -0.05) is 12.1 Å². The molecule has 2 aliphatic rings. The lowest BCUT2D eigenvalue weighted by Gasteiger charge is -2.27. The van der Waals surface area contributed by atoms with Gasteiger partial charge in [-0.15, -0.1) is 0 Å². The highest BCUT2D eigenvalue weighted by molar-refractivity contribution is 6.11. The second-order valence-electron chi connectivity index (χ2n) is 8.21. The molecule has 0 amide bonds. The second kappa shape index (κ2) is 8.85. The van der Waals surface area contributed by atoms with Crippen molar-refractivity contribution in [1.29, 1.82) is 5.41 Å². The van der Waals surface area contributed by atoms with Gasteiger partial charge in [0.05, 0.1) is 12.4 Å². The van der Waals surface area contributed by atoms with Gasteiger partial charge in [0, 0.05) is 35.2 Å². The van der Waals surface area contributed by atoms with Crippen molar-refractivity contribution in [2.24, 2.45) is 5.73 Å². The molecule has 3 aromatic rings. The molecule has 0 spiro atoms. The third-order valence-corrected chi connectivity index (χ3v) is 6.21. The van der Waals surface area contributed by atoms with Crippen molar-refractivity contribution in [2.45, 2.75) is 31.7 Å². The number of ketones is 1. The Kier molecular flexibility index (Phi) is 5.60. The lowest BCUT2D eigenvalue weighted by molar-refractivity contribution is 0.102. The Morgan fingerprint density at radius 3 is 3.09 bits per heavy atom. The van der Waals surface area contributed by atoms with Crippen LogP contribution in [0.5, 0.6) is 5.75 Å². The highest BCUT2D eigenvalue weighted by Crippen LogP contribution is 2.33. The Hall–Kier alpha value is -4.01. The van der Waals surface area contributed by atoms with Crippen LogP contribution in [0.1, 0.15) is 35.2 Å². The number of nitrogens with two attached hydrogens (primary N) is 1. The number of rotatable bonds is 6. The quantitative estimate of drug-likeness (QED) is 0.394. The van der Waals surface area contributed by atoms with E-state index in [4.69, 9.17) is 15.9 Å². The minimum Gasteiger partial charge on any atom is -0.491 e. The maximum Gasteiger partial charge on any atom is 0.189 e. The van der Waals surface area contributed by atoms with Crippen LogP contribution >= 0.6 is 0 Å². The molecule has 1 saturated heterocycles. The SMILES string of the molecule is N=CC=C(N)/C=C1/CCc2c(OC[C@H]3CCCN3c3ncnc4nc[nH]c34)cccc2C1=O. The van der Waals surface area contributed by atoms with E-state index in [1.165, 1.54) is 6.08 Å². The summed E-state index contributed by atoms with van der Waals surface area (Å²) in [5, 5.41) is 7.14. The molecule has 5 rings (SSSR count). The molecule has 3 heterocycles. The predicted molar refractivity (Wildman–Crippen MR) is 126 cm³/mol. The molecule has 1 fully saturated rings. The molecule has 1 aliphatic heterocycles. The van der Waals surface area contributed by atoms with E-state index in [-0.39, 0.29) is 11.8 Å². The van der Waals surface area contributed by atoms with Crippen LogP contribution in [-0.4, -0.2) is 51.1 Å². The predicted octanol–water partition coefficient (Wildman–Crippen LogP) is 2.95. The Labute approximate surface area is 190 Å². The van der Waals surface area contributed by atoms with Gasteiger partial charge in [0.25, 0.3) is 0 Å². The van der Waals surface area contributed by atoms with Crippen molar-refractivity contribution in [3.05, 3.63) is 65.4 Å². The molecule has 4 N–H and O–H groups in total. The van der Waals surface area contributed by atoms with Crippen molar-refractivity contribution in [3.63, 3.8) is 0 Å². The number of carbonyl (C=O) groups is 1. The number of allylic oxidation sites excluding steroid dienone is 3. The Balaban J connectivity index is 1.35. The molecule has 0 radical (unpaired) electrons. The van der Waals surface area contributed by atoms with Gasteiger partial charge in [-0.25, -0.2) is 15.0 Å². The molecule has 0 saturated carbocycles. The van der Waals surface area contributed by atoms with E-state index in [1.54, 1.807) is 18.7 Å². The lowest BCUT2D eigenvalue weighted by atomic mass is 9.86. The number of hydrogen-bond donors (Lipinski definition) is 3. The molecule has 9 nitrogen and oxygen atoms in total. The molecule has 1 aliphatic carbocycles. The van der Waals surface area contributed by atoms with Gasteiger partial charge >= 0.3 is 0 Å². The fraction of sp³-hybridized carbons (Fsp3) is 0.292. The molecule has 33 heavy (non-hydrogen) atoms. The van der Waals surface area contributed by atoms with Crippen LogP contribution < -0.4 is 15.4 Å². The van der Waals surface area contributed by atoms with Crippen molar-refractivity contribution < 1.29 is 9.53 Å². The summed E-state index contributed by atoms with van der Waals surface area (Å²) >= 11 is 0. The summed E-state index contributed by atoms with van der Waals surface area (Å²) in [5.74, 6) is 1.57. The van der Waals surface area contributed by atoms with Crippen molar-refractivity contribution in [1.82, 2.24) is 19.9 Å². The Morgan fingerprint density at radius 2 is 2.21 bits per heavy atom. The van der Waals surface area contributed by atoms with Crippen LogP contribution in [0.4, 0.5) is 5.82 Å². The molecule has 0 bridgehead atoms. The summed E-state index contributed by atoms with van der Waals surface area (Å²) in [5.41, 5.74) is 10.0. The number of imidazole rings is 1. The third kappa shape index (κ3) is 3.97. The third-order valence-electron chi connectivity index (χ3n) is 6.21. The van der Waals surface area contributed by atoms with Crippen LogP contribution in [0.2, 0.25) is 0 Å². The van der Waals surface area contributed by atoms with Crippen molar-refractivity contribution >= 4 is 29.0 Å². The van der Waals surface area contributed by atoms with E-state index in [0.29, 0.717) is 41.9 Å². The van der Waals surface area contributed by atoms with Crippen molar-refractivity contribution in [3.8, 4) is 5.75 Å². The standard InChI is InChI=1S/C24H25N7O2/c25-9-8-16(26)11-15-6-7-18-19(22(15)32)4-1-5-20(18)33-12-17-3-2-10-31(17)24-21-23(28-13-27-21)29-14-30-24/h1,4-5,8-9,11,13-14,17,25H,2-3,6-7,10,12,26H2,(H,27,28,29,30)/b15-11-,16-8?,25-9?/t17-/m1/s1. The maximum atomic E-state index is 13.0. The number of nitrogens with zero attached hydrogens (tertiary/aromatic N) is 4. The maximum absolute atomic E-state index is 13.0. The number of H-pyrrole nitrogens is 1. The van der Waals surface area contributed by atoms with Gasteiger partial charge < -0.3 is 25.8 Å². The number of ether oxygens (including phenoxy) is 1. The molecule has 0 unspecified atom stereocenters. The molecule has 168 valence electrons. The van der Waals surface area contributed by atoms with Crippen LogP contribution in [-0.2, 0) is 6.42 Å². The number of hydrogen-bond acceptors (Lipinski definition) is 8. The van der Waals surface area contributed by atoms with E-state index in [2.05, 4.69) is 24.8 Å². The van der Waals surface area contributed by atoms with E-state index in [9.17, 15) is 4.79 Å². The van der Waals surface area contributed by atoms with Crippen molar-refractivity contribution in [2.75, 3.05) is 18.1 Å². The van der Waals surface area contributed by atoms with E-state index in [0.717, 1.165) is 48.2 Å². The van der Waals surface area contributed by atoms with Gasteiger partial charge in [0.15, 0.2) is 17.2 Å². The zero-order chi connectivity index (χ0) is 22.8. The normalized spacial score (nSPS) is 19.8. The number of fused-ring (bicyclic) bond motifs is 2. The first-order chi connectivity index (χ1) is 16.2. The minimum atomic E-state index is -0.0341. The molecular formula is C24H25N7O2. The van der Waals surface area contributed by atoms with Crippen LogP contribution in [0, 0.1) is 5.41 Å². The van der Waals surface area contributed by atoms with Gasteiger partial charge in [0.1, 0.15) is 24.2 Å². The number of carbonyl (C=O) groups excluding carboxylic acids is 1. The summed E-state index contributed by atoms with van der Waals surface area (Å²) in [6, 6.07) is 5.80. The second-order valence-corrected chi connectivity index (χ2v) is 8.21. The van der Waals surface area contributed by atoms with Crippen LogP contribution in [0.15, 0.2) is 54.3 Å². The largest absolute Gasteiger partial charge is 0.491 e. The van der Waals surface area contributed by atoms with Gasteiger partial charge in [0.2, 0.25) is 0 Å². The summed E-state index contributed by atoms with van der Waals surface area (Å²) in [6.07, 6.45) is 10.8. The molecular weight excluding hydrogens is 418 g/mol. The average Bonchev–Trinajstić information content (AvgIpc) is 3.49. The summed E-state index contributed by atoms with van der Waals surface area (Å²) < 4.78 is 6.29. The van der Waals surface area contributed by atoms with Gasteiger partial charge in [-0.2, -0.15) is 0 Å². The monoisotopic (exact) mass is 443 g/mol. The van der Waals surface area contributed by atoms with Crippen LogP contribution in [0.3, 0.4) is 0 Å². The number of aromatic nitrogens is 4. The minimum absolute atomic E-state index is 0.0341. The molecule has 9 heteroatoms. The first-order valence-corrected chi connectivity index (χ1v) is 11.0. The van der Waals surface area contributed by atoms with Crippen LogP contribution in [0.25, 0.3) is 11.2 Å². The smallest absolute Gasteiger partial charge is 0.189 e. The number of Topliss-reactive ketones (excluding diaryl/α,β-unsaturated/α-hetero) is 1. The molecule has 1 atom stereocenters. The zero-order valence-electron chi connectivity index (χ0n) is 18.1. The Morgan fingerprint density at radius 1 is 1.30 bits per heavy atom. The van der Waals surface area contributed by atoms with Gasteiger partial charge in [-0.05, 0) is 43.9 Å². The number of benzene rings is 1. The summed E-state index contributed by atoms with van der Waals surface area (Å²) in [7, 11) is 0. The van der Waals surface area contributed by atoms with Gasteiger partial charge in [-0.3, -0.25) is 4.79 Å². The first-order valence-electron chi connectivity index (χ1n) is 11.0. The number of aromatic amines is 1. The fourth-order valence-electron chi connectivity index (χ4n) is 4.64. The highest BCUT2D eigenvalue weighted by Gasteiger charge is 2.30. The highest BCUT2D eigenvalue weighted by atomic mass is 16.5. The fourth-order valence-corrected chi connectivity index (χ4v) is 4.64. The first kappa shape index (κ1) is 20.9. The lowest BCUT2D eigenvalue weighted by Crippen LogP contribution is -2.35. The average molecular weight is 444 g/mol. The molecule has 2 aromatic heterocycles. The summed E-state index contributed by atoms with van der Waals surface area (Å²) in [4.78, 5) is 31.4. The summed E-state index contributed by atoms with van der Waals surface area (Å²) in [6.45, 7) is 1.39. The number of anilines is 1. The van der Waals surface area contributed by atoms with E-state index in [1.807, 2.05) is 18.2 Å².